The molecule has 0 saturated heterocycles. The zero-order valence-corrected chi connectivity index (χ0v) is 15.4. The van der Waals surface area contributed by atoms with Gasteiger partial charge in [0.2, 0.25) is 5.89 Å². The zero-order valence-electron chi connectivity index (χ0n) is 14.6. The van der Waals surface area contributed by atoms with Crippen molar-refractivity contribution < 1.29 is 9.21 Å². The average Bonchev–Trinajstić information content (AvgIpc) is 3.09. The third-order valence-electron chi connectivity index (χ3n) is 4.66. The minimum atomic E-state index is -0.0631. The predicted molar refractivity (Wildman–Crippen MR) is 99.6 cm³/mol. The molecular formula is C19H26ClN3O2. The summed E-state index contributed by atoms with van der Waals surface area (Å²) in [6.45, 7) is 2.88. The molecule has 0 radical (unpaired) electrons. The second-order valence-electron chi connectivity index (χ2n) is 6.54. The van der Waals surface area contributed by atoms with Gasteiger partial charge in [-0.2, -0.15) is 0 Å². The lowest BCUT2D eigenvalue weighted by molar-refractivity contribution is 0.0608. The van der Waals surface area contributed by atoms with E-state index in [2.05, 4.69) is 30.1 Å². The summed E-state index contributed by atoms with van der Waals surface area (Å²) in [5, 5.41) is 0. The molecule has 0 unspecified atom stereocenters. The number of nitrogens with zero attached hydrogens (tertiary/aromatic N) is 2. The van der Waals surface area contributed by atoms with Crippen LogP contribution in [0.5, 0.6) is 0 Å². The zero-order chi connectivity index (χ0) is 16.9. The fraction of sp³-hybridized carbons (Fsp3) is 0.474. The van der Waals surface area contributed by atoms with Crippen LogP contribution in [0.4, 0.5) is 0 Å². The molecule has 6 heteroatoms. The van der Waals surface area contributed by atoms with E-state index in [0.717, 1.165) is 18.4 Å². The summed E-state index contributed by atoms with van der Waals surface area (Å²) in [6.07, 6.45) is 7.14. The van der Waals surface area contributed by atoms with E-state index < -0.39 is 0 Å². The van der Waals surface area contributed by atoms with Crippen LogP contribution in [0.15, 0.2) is 34.9 Å². The van der Waals surface area contributed by atoms with Gasteiger partial charge in [0.1, 0.15) is 6.26 Å². The number of benzene rings is 1. The van der Waals surface area contributed by atoms with Crippen molar-refractivity contribution in [3.05, 3.63) is 53.2 Å². The smallest absolute Gasteiger partial charge is 0.276 e. The van der Waals surface area contributed by atoms with Crippen LogP contribution in [-0.2, 0) is 13.1 Å². The number of amides is 1. The molecule has 2 N–H and O–H groups in total. The highest BCUT2D eigenvalue weighted by atomic mass is 35.5. The van der Waals surface area contributed by atoms with Crippen molar-refractivity contribution in [1.82, 2.24) is 9.88 Å². The van der Waals surface area contributed by atoms with Crippen LogP contribution in [0.1, 0.15) is 59.6 Å². The first kappa shape index (κ1) is 19.5. The van der Waals surface area contributed by atoms with Gasteiger partial charge in [0.25, 0.3) is 5.91 Å². The van der Waals surface area contributed by atoms with E-state index in [1.165, 1.54) is 31.1 Å². The lowest BCUT2D eigenvalue weighted by atomic mass is 9.93. The fourth-order valence-electron chi connectivity index (χ4n) is 3.42. The summed E-state index contributed by atoms with van der Waals surface area (Å²) in [6, 6.07) is 8.59. The molecule has 3 rings (SSSR count). The Labute approximate surface area is 155 Å². The van der Waals surface area contributed by atoms with Crippen molar-refractivity contribution >= 4 is 18.3 Å². The van der Waals surface area contributed by atoms with Gasteiger partial charge < -0.3 is 15.1 Å². The molecule has 0 spiro atoms. The predicted octanol–water partition coefficient (Wildman–Crippen LogP) is 3.84. The molecule has 0 aliphatic heterocycles. The van der Waals surface area contributed by atoms with Crippen LogP contribution >= 0.6 is 12.4 Å². The van der Waals surface area contributed by atoms with E-state index in [0.29, 0.717) is 18.1 Å². The number of hydrogen-bond donors (Lipinski definition) is 1. The van der Waals surface area contributed by atoms with E-state index >= 15 is 0 Å². The summed E-state index contributed by atoms with van der Waals surface area (Å²) in [5.41, 5.74) is 8.25. The van der Waals surface area contributed by atoms with Gasteiger partial charge in [-0.15, -0.1) is 12.4 Å². The maximum absolute atomic E-state index is 13.0. The van der Waals surface area contributed by atoms with Gasteiger partial charge in [-0.1, -0.05) is 49.1 Å². The summed E-state index contributed by atoms with van der Waals surface area (Å²) in [5.74, 6) is 0.337. The Kier molecular flexibility index (Phi) is 7.02. The Morgan fingerprint density at radius 1 is 1.32 bits per heavy atom. The third kappa shape index (κ3) is 4.83. The van der Waals surface area contributed by atoms with Gasteiger partial charge in [-0.25, -0.2) is 4.98 Å². The number of nitrogens with two attached hydrogens (primary N) is 1. The van der Waals surface area contributed by atoms with Gasteiger partial charge >= 0.3 is 0 Å². The molecule has 1 aliphatic rings. The van der Waals surface area contributed by atoms with Crippen LogP contribution in [0.25, 0.3) is 0 Å². The molecule has 0 atom stereocenters. The average molecular weight is 364 g/mol. The van der Waals surface area contributed by atoms with Crippen LogP contribution in [0.3, 0.4) is 0 Å². The molecule has 0 bridgehead atoms. The number of aromatic nitrogens is 1. The molecule has 1 saturated carbocycles. The molecule has 5 nitrogen and oxygen atoms in total. The summed E-state index contributed by atoms with van der Waals surface area (Å²) in [7, 11) is 0. The minimum absolute atomic E-state index is 0. The standard InChI is InChI=1S/C19H25N3O2.ClH/c1-14-6-5-7-15(10-14)12-22(16-8-3-2-4-9-16)19(23)17-13-24-18(11-20)21-17;/h5-7,10,13,16H,2-4,8-9,11-12,20H2,1H3;1H. The monoisotopic (exact) mass is 363 g/mol. The Morgan fingerprint density at radius 3 is 2.72 bits per heavy atom. The molecule has 2 aromatic rings. The minimum Gasteiger partial charge on any atom is -0.447 e. The van der Waals surface area contributed by atoms with Crippen molar-refractivity contribution in [1.29, 1.82) is 0 Å². The number of rotatable bonds is 5. The van der Waals surface area contributed by atoms with E-state index in [4.69, 9.17) is 10.2 Å². The number of carbonyl (C=O) groups is 1. The highest BCUT2D eigenvalue weighted by Crippen LogP contribution is 2.26. The van der Waals surface area contributed by atoms with E-state index in [1.807, 2.05) is 11.0 Å². The highest BCUT2D eigenvalue weighted by molar-refractivity contribution is 5.92. The number of oxazole rings is 1. The summed E-state index contributed by atoms with van der Waals surface area (Å²) >= 11 is 0. The van der Waals surface area contributed by atoms with Gasteiger partial charge in [-0.05, 0) is 25.3 Å². The quantitative estimate of drug-likeness (QED) is 0.875. The van der Waals surface area contributed by atoms with Crippen molar-refractivity contribution in [2.24, 2.45) is 5.73 Å². The molecule has 136 valence electrons. The Bertz CT molecular complexity index is 695. The van der Waals surface area contributed by atoms with Gasteiger partial charge in [-0.3, -0.25) is 4.79 Å². The molecular weight excluding hydrogens is 338 g/mol. The normalized spacial score (nSPS) is 14.8. The number of aryl methyl sites for hydroxylation is 1. The largest absolute Gasteiger partial charge is 0.447 e. The van der Waals surface area contributed by atoms with Crippen LogP contribution in [0, 0.1) is 6.92 Å². The third-order valence-corrected chi connectivity index (χ3v) is 4.66. The van der Waals surface area contributed by atoms with E-state index in [9.17, 15) is 4.79 Å². The van der Waals surface area contributed by atoms with Crippen molar-refractivity contribution in [2.75, 3.05) is 0 Å². The van der Waals surface area contributed by atoms with Crippen molar-refractivity contribution in [3.63, 3.8) is 0 Å². The molecule has 1 aliphatic carbocycles. The molecule has 1 heterocycles. The molecule has 1 amide bonds. The van der Waals surface area contributed by atoms with Crippen LogP contribution < -0.4 is 5.73 Å². The van der Waals surface area contributed by atoms with Crippen LogP contribution in [-0.4, -0.2) is 21.8 Å². The second kappa shape index (κ2) is 9.02. The van der Waals surface area contributed by atoms with E-state index in [-0.39, 0.29) is 30.9 Å². The molecule has 25 heavy (non-hydrogen) atoms. The SMILES string of the molecule is Cc1cccc(CN(C(=O)c2coc(CN)n2)C2CCCCC2)c1.Cl. The molecule has 1 fully saturated rings. The fourth-order valence-corrected chi connectivity index (χ4v) is 3.42. The second-order valence-corrected chi connectivity index (χ2v) is 6.54. The van der Waals surface area contributed by atoms with Crippen LogP contribution in [0.2, 0.25) is 0 Å². The van der Waals surface area contributed by atoms with E-state index in [1.54, 1.807) is 0 Å². The lowest BCUT2D eigenvalue weighted by Gasteiger charge is -2.34. The highest BCUT2D eigenvalue weighted by Gasteiger charge is 2.28. The first-order valence-electron chi connectivity index (χ1n) is 8.68. The Hall–Kier alpha value is -1.85. The molecule has 1 aromatic carbocycles. The maximum Gasteiger partial charge on any atom is 0.276 e. The first-order chi connectivity index (χ1) is 11.7. The Balaban J connectivity index is 0.00000225. The van der Waals surface area contributed by atoms with Crippen molar-refractivity contribution in [3.8, 4) is 0 Å². The molecule has 1 aromatic heterocycles. The van der Waals surface area contributed by atoms with Gasteiger partial charge in [0.15, 0.2) is 5.69 Å². The van der Waals surface area contributed by atoms with Crippen molar-refractivity contribution in [2.45, 2.75) is 58.2 Å². The number of carbonyl (C=O) groups excluding carboxylic acids is 1. The summed E-state index contributed by atoms with van der Waals surface area (Å²) in [4.78, 5) is 19.2. The maximum atomic E-state index is 13.0. The first-order valence-corrected chi connectivity index (χ1v) is 8.68. The van der Waals surface area contributed by atoms with Gasteiger partial charge in [0.05, 0.1) is 6.54 Å². The topological polar surface area (TPSA) is 72.4 Å². The number of hydrogen-bond acceptors (Lipinski definition) is 4. The Morgan fingerprint density at radius 2 is 2.08 bits per heavy atom. The lowest BCUT2D eigenvalue weighted by Crippen LogP contribution is -2.41. The van der Waals surface area contributed by atoms with Gasteiger partial charge in [0, 0.05) is 12.6 Å². The summed E-state index contributed by atoms with van der Waals surface area (Å²) < 4.78 is 5.26. The number of halogens is 1.